The Morgan fingerprint density at radius 3 is 2.50 bits per heavy atom. The molecule has 2 fully saturated rings. The monoisotopic (exact) mass is 423 g/mol. The normalized spacial score (nSPS) is 18.0. The highest BCUT2D eigenvalue weighted by Crippen LogP contribution is 2.40. The van der Waals surface area contributed by atoms with Gasteiger partial charge >= 0.3 is 0 Å². The Balaban J connectivity index is 1.52. The van der Waals surface area contributed by atoms with E-state index < -0.39 is 0 Å². The number of nitrogens with zero attached hydrogens (tertiary/aromatic N) is 3. The lowest BCUT2D eigenvalue weighted by molar-refractivity contribution is 0.459. The van der Waals surface area contributed by atoms with Crippen LogP contribution in [0.4, 0.5) is 10.3 Å². The van der Waals surface area contributed by atoms with Crippen LogP contribution in [0, 0.1) is 5.82 Å². The Kier molecular flexibility index (Phi) is 5.73. The number of hydrogen-bond acceptors (Lipinski definition) is 6. The molecule has 0 bridgehead atoms. The Morgan fingerprint density at radius 2 is 1.73 bits per heavy atom. The van der Waals surface area contributed by atoms with Crippen LogP contribution >= 0.6 is 11.3 Å². The fraction of sp³-hybridized carbons (Fsp3) is 0.435. The van der Waals surface area contributed by atoms with Crippen molar-refractivity contribution < 1.29 is 4.39 Å². The van der Waals surface area contributed by atoms with E-state index in [4.69, 9.17) is 9.97 Å². The summed E-state index contributed by atoms with van der Waals surface area (Å²) in [5.41, 5.74) is 2.69. The van der Waals surface area contributed by atoms with E-state index in [-0.39, 0.29) is 5.82 Å². The molecular weight excluding hydrogens is 397 g/mol. The molecule has 1 aliphatic heterocycles. The molecule has 2 N–H and O–H groups in total. The van der Waals surface area contributed by atoms with E-state index in [1.807, 2.05) is 12.3 Å². The van der Waals surface area contributed by atoms with Crippen molar-refractivity contribution in [2.75, 3.05) is 18.4 Å². The molecule has 1 saturated carbocycles. The first-order valence-electron chi connectivity index (χ1n) is 10.8. The third kappa shape index (κ3) is 4.23. The summed E-state index contributed by atoms with van der Waals surface area (Å²) in [4.78, 5) is 15.3. The molecule has 1 aliphatic carbocycles. The number of halogens is 1. The Morgan fingerprint density at radius 1 is 0.967 bits per heavy atom. The van der Waals surface area contributed by atoms with E-state index in [0.717, 1.165) is 52.8 Å². The van der Waals surface area contributed by atoms with Crippen LogP contribution in [0.25, 0.3) is 21.8 Å². The van der Waals surface area contributed by atoms with E-state index in [1.54, 1.807) is 23.5 Å². The Hall–Kier alpha value is -2.38. The van der Waals surface area contributed by atoms with Gasteiger partial charge in [0.05, 0.1) is 21.3 Å². The van der Waals surface area contributed by atoms with Crippen molar-refractivity contribution in [1.82, 2.24) is 20.3 Å². The molecule has 1 aromatic carbocycles. The molecule has 0 spiro atoms. The van der Waals surface area contributed by atoms with E-state index in [0.29, 0.717) is 17.9 Å². The summed E-state index contributed by atoms with van der Waals surface area (Å²) >= 11 is 1.72. The fourth-order valence-corrected chi connectivity index (χ4v) is 5.59. The maximum Gasteiger partial charge on any atom is 0.223 e. The summed E-state index contributed by atoms with van der Waals surface area (Å²) in [5, 5.41) is 8.06. The number of piperidine rings is 1. The van der Waals surface area contributed by atoms with Gasteiger partial charge in [-0.3, -0.25) is 0 Å². The zero-order chi connectivity index (χ0) is 20.3. The highest BCUT2D eigenvalue weighted by molar-refractivity contribution is 7.15. The minimum Gasteiger partial charge on any atom is -0.351 e. The summed E-state index contributed by atoms with van der Waals surface area (Å²) in [5.74, 6) is 0.905. The topological polar surface area (TPSA) is 62.7 Å². The largest absolute Gasteiger partial charge is 0.351 e. The SMILES string of the molecule is Fc1ccc(-c2nc(C3CCNCC3)sc2-c2ccnc(NC3CCCC3)n2)cc1. The molecule has 3 heterocycles. The van der Waals surface area contributed by atoms with E-state index in [1.165, 1.54) is 37.8 Å². The predicted molar refractivity (Wildman–Crippen MR) is 119 cm³/mol. The van der Waals surface area contributed by atoms with Gasteiger partial charge in [0.1, 0.15) is 5.82 Å². The minimum absolute atomic E-state index is 0.237. The molecule has 3 aromatic rings. The number of nitrogens with one attached hydrogen (secondary N) is 2. The van der Waals surface area contributed by atoms with E-state index >= 15 is 0 Å². The van der Waals surface area contributed by atoms with Crippen molar-refractivity contribution in [2.45, 2.75) is 50.5 Å². The number of anilines is 1. The van der Waals surface area contributed by atoms with Crippen LogP contribution in [0.2, 0.25) is 0 Å². The van der Waals surface area contributed by atoms with Crippen LogP contribution in [0.1, 0.15) is 49.5 Å². The molecule has 0 atom stereocenters. The number of hydrogen-bond donors (Lipinski definition) is 2. The van der Waals surface area contributed by atoms with Crippen molar-refractivity contribution in [3.8, 4) is 21.8 Å². The first-order chi connectivity index (χ1) is 14.8. The van der Waals surface area contributed by atoms with Gasteiger partial charge in [-0.25, -0.2) is 19.3 Å². The summed E-state index contributed by atoms with van der Waals surface area (Å²) in [7, 11) is 0. The van der Waals surface area contributed by atoms with Gasteiger partial charge < -0.3 is 10.6 Å². The molecule has 0 unspecified atom stereocenters. The van der Waals surface area contributed by atoms with Crippen molar-refractivity contribution in [2.24, 2.45) is 0 Å². The Labute approximate surface area is 180 Å². The standard InChI is InChI=1S/C23H26FN5S/c24-17-7-5-15(6-8-17)20-21(30-22(29-20)16-9-12-25-13-10-16)19-11-14-26-23(28-19)27-18-3-1-2-4-18/h5-8,11,14,16,18,25H,1-4,9-10,12-13H2,(H,26,27,28). The minimum atomic E-state index is -0.237. The fourth-order valence-electron chi connectivity index (χ4n) is 4.36. The maximum atomic E-state index is 13.5. The van der Waals surface area contributed by atoms with Crippen molar-refractivity contribution in [3.63, 3.8) is 0 Å². The van der Waals surface area contributed by atoms with Crippen LogP contribution < -0.4 is 10.6 Å². The van der Waals surface area contributed by atoms with E-state index in [2.05, 4.69) is 15.6 Å². The van der Waals surface area contributed by atoms with Gasteiger partial charge in [-0.2, -0.15) is 0 Å². The quantitative estimate of drug-likeness (QED) is 0.588. The lowest BCUT2D eigenvalue weighted by atomic mass is 9.99. The van der Waals surface area contributed by atoms with E-state index in [9.17, 15) is 4.39 Å². The molecule has 156 valence electrons. The number of thiazole rings is 1. The van der Waals surface area contributed by atoms with Gasteiger partial charge in [0.25, 0.3) is 0 Å². The van der Waals surface area contributed by atoms with Gasteiger partial charge in [0.15, 0.2) is 0 Å². The third-order valence-corrected chi connectivity index (χ3v) is 7.27. The van der Waals surface area contributed by atoms with Crippen molar-refractivity contribution in [1.29, 1.82) is 0 Å². The van der Waals surface area contributed by atoms with Crippen molar-refractivity contribution in [3.05, 3.63) is 47.4 Å². The lowest BCUT2D eigenvalue weighted by Crippen LogP contribution is -2.26. The molecular formula is C23H26FN5S. The summed E-state index contributed by atoms with van der Waals surface area (Å²) in [6.45, 7) is 2.04. The average Bonchev–Trinajstić information content (AvgIpc) is 3.45. The zero-order valence-electron chi connectivity index (χ0n) is 16.9. The predicted octanol–water partition coefficient (Wildman–Crippen LogP) is 5.23. The molecule has 5 rings (SSSR count). The molecule has 2 aromatic heterocycles. The number of benzene rings is 1. The second-order valence-corrected chi connectivity index (χ2v) is 9.18. The molecule has 7 heteroatoms. The smallest absolute Gasteiger partial charge is 0.223 e. The summed E-state index contributed by atoms with van der Waals surface area (Å²) in [6, 6.07) is 9.01. The molecule has 30 heavy (non-hydrogen) atoms. The Bertz CT molecular complexity index is 991. The van der Waals surface area contributed by atoms with Gasteiger partial charge in [-0.15, -0.1) is 11.3 Å². The highest BCUT2D eigenvalue weighted by atomic mass is 32.1. The van der Waals surface area contributed by atoms with Crippen LogP contribution in [-0.2, 0) is 0 Å². The van der Waals surface area contributed by atoms with Gasteiger partial charge in [-0.05, 0) is 69.1 Å². The second kappa shape index (κ2) is 8.78. The number of rotatable bonds is 5. The van der Waals surface area contributed by atoms with Crippen LogP contribution in [0.15, 0.2) is 36.5 Å². The second-order valence-electron chi connectivity index (χ2n) is 8.15. The first-order valence-corrected chi connectivity index (χ1v) is 11.7. The average molecular weight is 424 g/mol. The highest BCUT2D eigenvalue weighted by Gasteiger charge is 2.24. The lowest BCUT2D eigenvalue weighted by Gasteiger charge is -2.20. The summed E-state index contributed by atoms with van der Waals surface area (Å²) < 4.78 is 13.5. The molecule has 0 amide bonds. The molecule has 2 aliphatic rings. The number of aromatic nitrogens is 3. The van der Waals surface area contributed by atoms with Gasteiger partial charge in [-0.1, -0.05) is 12.8 Å². The summed E-state index contributed by atoms with van der Waals surface area (Å²) in [6.07, 6.45) is 8.88. The van der Waals surface area contributed by atoms with Crippen LogP contribution in [0.3, 0.4) is 0 Å². The maximum absolute atomic E-state index is 13.5. The third-order valence-electron chi connectivity index (χ3n) is 6.03. The van der Waals surface area contributed by atoms with Crippen molar-refractivity contribution >= 4 is 17.3 Å². The van der Waals surface area contributed by atoms with Crippen LogP contribution in [0.5, 0.6) is 0 Å². The molecule has 5 nitrogen and oxygen atoms in total. The zero-order valence-corrected chi connectivity index (χ0v) is 17.7. The molecule has 0 radical (unpaired) electrons. The molecule has 1 saturated heterocycles. The van der Waals surface area contributed by atoms with Gasteiger partial charge in [0, 0.05) is 23.7 Å². The van der Waals surface area contributed by atoms with Gasteiger partial charge in [0.2, 0.25) is 5.95 Å². The first kappa shape index (κ1) is 19.6. The van der Waals surface area contributed by atoms with Crippen LogP contribution in [-0.4, -0.2) is 34.1 Å².